The minimum atomic E-state index is 0.729. The number of nitrogens with one attached hydrogen (secondary N) is 1. The van der Waals surface area contributed by atoms with Gasteiger partial charge in [-0.25, -0.2) is 0 Å². The lowest BCUT2D eigenvalue weighted by molar-refractivity contribution is 0.233. The van der Waals surface area contributed by atoms with E-state index in [1.807, 2.05) is 12.4 Å². The number of hydrogen-bond acceptors (Lipinski definition) is 3. The van der Waals surface area contributed by atoms with Gasteiger partial charge in [0.2, 0.25) is 0 Å². The fraction of sp³-hybridized carbons (Fsp3) is 0.667. The Labute approximate surface area is 111 Å². The summed E-state index contributed by atoms with van der Waals surface area (Å²) in [5, 5.41) is 3.64. The smallest absolute Gasteiger partial charge is 0.0271 e. The highest BCUT2D eigenvalue weighted by atomic mass is 15.1. The van der Waals surface area contributed by atoms with Crippen LogP contribution in [0.25, 0.3) is 0 Å². The zero-order valence-corrected chi connectivity index (χ0v) is 11.6. The summed E-state index contributed by atoms with van der Waals surface area (Å²) in [6.07, 6.45) is 8.93. The van der Waals surface area contributed by atoms with E-state index in [2.05, 4.69) is 41.3 Å². The van der Waals surface area contributed by atoms with Gasteiger partial charge in [0.05, 0.1) is 0 Å². The fourth-order valence-corrected chi connectivity index (χ4v) is 2.80. The van der Waals surface area contributed by atoms with Gasteiger partial charge in [0.15, 0.2) is 0 Å². The molecule has 1 N–H and O–H groups in total. The highest BCUT2D eigenvalue weighted by molar-refractivity contribution is 5.09. The standard InChI is InChI=1S/C15H25N3/c1-3-8-17-14-4-5-15(11-14)18(2)12-13-6-9-16-10-7-13/h6-7,9-10,14-15,17H,3-5,8,11-12H2,1-2H3. The van der Waals surface area contributed by atoms with Gasteiger partial charge in [-0.15, -0.1) is 0 Å². The second kappa shape index (κ2) is 6.86. The number of aromatic nitrogens is 1. The van der Waals surface area contributed by atoms with Gasteiger partial charge in [-0.05, 0) is 57.0 Å². The van der Waals surface area contributed by atoms with E-state index < -0.39 is 0 Å². The van der Waals surface area contributed by atoms with Gasteiger partial charge in [0.25, 0.3) is 0 Å². The lowest BCUT2D eigenvalue weighted by Gasteiger charge is -2.24. The summed E-state index contributed by atoms with van der Waals surface area (Å²) < 4.78 is 0. The molecule has 3 heteroatoms. The monoisotopic (exact) mass is 247 g/mol. The van der Waals surface area contributed by atoms with Gasteiger partial charge in [0, 0.05) is 31.0 Å². The van der Waals surface area contributed by atoms with Crippen molar-refractivity contribution in [3.8, 4) is 0 Å². The molecule has 1 aromatic heterocycles. The molecule has 0 saturated heterocycles. The molecule has 0 aliphatic heterocycles. The molecule has 2 atom stereocenters. The number of hydrogen-bond donors (Lipinski definition) is 1. The van der Waals surface area contributed by atoms with Gasteiger partial charge < -0.3 is 5.32 Å². The molecular weight excluding hydrogens is 222 g/mol. The molecule has 1 aliphatic rings. The molecule has 1 heterocycles. The first-order valence-electron chi connectivity index (χ1n) is 7.12. The third-order valence-corrected chi connectivity index (χ3v) is 3.89. The van der Waals surface area contributed by atoms with Crippen molar-refractivity contribution >= 4 is 0 Å². The molecule has 100 valence electrons. The molecule has 0 radical (unpaired) electrons. The van der Waals surface area contributed by atoms with Crippen LogP contribution in [-0.4, -0.2) is 35.6 Å². The van der Waals surface area contributed by atoms with E-state index in [9.17, 15) is 0 Å². The van der Waals surface area contributed by atoms with Crippen LogP contribution in [0.15, 0.2) is 24.5 Å². The zero-order valence-electron chi connectivity index (χ0n) is 11.6. The molecular formula is C15H25N3. The summed E-state index contributed by atoms with van der Waals surface area (Å²) >= 11 is 0. The highest BCUT2D eigenvalue weighted by Gasteiger charge is 2.26. The average Bonchev–Trinajstić information content (AvgIpc) is 2.86. The van der Waals surface area contributed by atoms with Crippen LogP contribution in [0, 0.1) is 0 Å². The first kappa shape index (κ1) is 13.5. The van der Waals surface area contributed by atoms with Crippen LogP contribution in [-0.2, 0) is 6.54 Å². The van der Waals surface area contributed by atoms with Gasteiger partial charge in [-0.3, -0.25) is 9.88 Å². The van der Waals surface area contributed by atoms with E-state index in [0.29, 0.717) is 0 Å². The van der Waals surface area contributed by atoms with Crippen molar-refractivity contribution in [1.29, 1.82) is 0 Å². The summed E-state index contributed by atoms with van der Waals surface area (Å²) in [6, 6.07) is 5.68. The van der Waals surface area contributed by atoms with Crippen LogP contribution in [0.2, 0.25) is 0 Å². The number of pyridine rings is 1. The predicted octanol–water partition coefficient (Wildman–Crippen LogP) is 2.43. The van der Waals surface area contributed by atoms with Crippen molar-refractivity contribution in [1.82, 2.24) is 15.2 Å². The van der Waals surface area contributed by atoms with E-state index in [0.717, 1.165) is 25.2 Å². The van der Waals surface area contributed by atoms with Crippen LogP contribution >= 0.6 is 0 Å². The van der Waals surface area contributed by atoms with Gasteiger partial charge in [-0.1, -0.05) is 6.92 Å². The topological polar surface area (TPSA) is 28.2 Å². The van der Waals surface area contributed by atoms with E-state index in [-0.39, 0.29) is 0 Å². The Balaban J connectivity index is 1.78. The fourth-order valence-electron chi connectivity index (χ4n) is 2.80. The third-order valence-electron chi connectivity index (χ3n) is 3.89. The molecule has 0 bridgehead atoms. The zero-order chi connectivity index (χ0) is 12.8. The Morgan fingerprint density at radius 1 is 1.33 bits per heavy atom. The second-order valence-electron chi connectivity index (χ2n) is 5.39. The number of nitrogens with zero attached hydrogens (tertiary/aromatic N) is 2. The molecule has 2 rings (SSSR count). The van der Waals surface area contributed by atoms with Crippen molar-refractivity contribution in [2.75, 3.05) is 13.6 Å². The van der Waals surface area contributed by atoms with Gasteiger partial charge >= 0.3 is 0 Å². The maximum Gasteiger partial charge on any atom is 0.0271 e. The van der Waals surface area contributed by atoms with E-state index in [1.54, 1.807) is 0 Å². The summed E-state index contributed by atoms with van der Waals surface area (Å²) in [5.74, 6) is 0. The maximum absolute atomic E-state index is 4.07. The van der Waals surface area contributed by atoms with E-state index in [1.165, 1.54) is 31.2 Å². The minimum absolute atomic E-state index is 0.729. The van der Waals surface area contributed by atoms with Crippen molar-refractivity contribution < 1.29 is 0 Å². The maximum atomic E-state index is 4.07. The molecule has 1 aromatic rings. The molecule has 0 aromatic carbocycles. The van der Waals surface area contributed by atoms with Crippen molar-refractivity contribution in [2.24, 2.45) is 0 Å². The Kier molecular flexibility index (Phi) is 5.14. The van der Waals surface area contributed by atoms with Crippen LogP contribution in [0.5, 0.6) is 0 Å². The lowest BCUT2D eigenvalue weighted by atomic mass is 10.2. The molecule has 0 amide bonds. The molecule has 0 spiro atoms. The van der Waals surface area contributed by atoms with Gasteiger partial charge in [0.1, 0.15) is 0 Å². The SMILES string of the molecule is CCCNC1CCC(N(C)Cc2ccncc2)C1. The first-order valence-corrected chi connectivity index (χ1v) is 7.12. The Morgan fingerprint density at radius 3 is 2.83 bits per heavy atom. The second-order valence-corrected chi connectivity index (χ2v) is 5.39. The van der Waals surface area contributed by atoms with Crippen LogP contribution in [0.1, 0.15) is 38.2 Å². The van der Waals surface area contributed by atoms with Gasteiger partial charge in [-0.2, -0.15) is 0 Å². The minimum Gasteiger partial charge on any atom is -0.314 e. The lowest BCUT2D eigenvalue weighted by Crippen LogP contribution is -2.32. The van der Waals surface area contributed by atoms with Crippen molar-refractivity contribution in [3.63, 3.8) is 0 Å². The quantitative estimate of drug-likeness (QED) is 0.837. The van der Waals surface area contributed by atoms with Crippen molar-refractivity contribution in [2.45, 2.75) is 51.2 Å². The largest absolute Gasteiger partial charge is 0.314 e. The molecule has 1 aliphatic carbocycles. The normalized spacial score (nSPS) is 23.7. The molecule has 18 heavy (non-hydrogen) atoms. The van der Waals surface area contributed by atoms with E-state index in [4.69, 9.17) is 0 Å². The molecule has 1 saturated carbocycles. The molecule has 3 nitrogen and oxygen atoms in total. The summed E-state index contributed by atoms with van der Waals surface area (Å²) in [6.45, 7) is 4.42. The number of rotatable bonds is 6. The van der Waals surface area contributed by atoms with Crippen molar-refractivity contribution in [3.05, 3.63) is 30.1 Å². The Bertz CT molecular complexity index is 339. The Hall–Kier alpha value is -0.930. The predicted molar refractivity (Wildman–Crippen MR) is 75.4 cm³/mol. The summed E-state index contributed by atoms with van der Waals surface area (Å²) in [4.78, 5) is 6.56. The highest BCUT2D eigenvalue weighted by Crippen LogP contribution is 2.24. The molecule has 1 fully saturated rings. The summed E-state index contributed by atoms with van der Waals surface area (Å²) in [7, 11) is 2.24. The average molecular weight is 247 g/mol. The molecule has 2 unspecified atom stereocenters. The summed E-state index contributed by atoms with van der Waals surface area (Å²) in [5.41, 5.74) is 1.36. The van der Waals surface area contributed by atoms with Crippen LogP contribution < -0.4 is 5.32 Å². The third kappa shape index (κ3) is 3.79. The van der Waals surface area contributed by atoms with Crippen LogP contribution in [0.3, 0.4) is 0 Å². The van der Waals surface area contributed by atoms with E-state index >= 15 is 0 Å². The Morgan fingerprint density at radius 2 is 2.11 bits per heavy atom. The first-order chi connectivity index (χ1) is 8.79. The van der Waals surface area contributed by atoms with Crippen LogP contribution in [0.4, 0.5) is 0 Å².